The normalized spacial score (nSPS) is 10.3. The molecule has 2 N–H and O–H groups in total. The van der Waals surface area contributed by atoms with Crippen LogP contribution in [0.5, 0.6) is 5.75 Å². The van der Waals surface area contributed by atoms with Crippen molar-refractivity contribution < 1.29 is 9.53 Å². The zero-order valence-electron chi connectivity index (χ0n) is 15.4. The topological polar surface area (TPSA) is 76.1 Å². The molecule has 0 saturated carbocycles. The van der Waals surface area contributed by atoms with Gasteiger partial charge in [-0.2, -0.15) is 0 Å². The lowest BCUT2D eigenvalue weighted by molar-refractivity contribution is 0.102. The number of rotatable bonds is 7. The molecule has 2 aromatic carbocycles. The van der Waals surface area contributed by atoms with E-state index in [0.717, 1.165) is 23.4 Å². The number of hydrogen-bond donors (Lipinski definition) is 2. The molecule has 27 heavy (non-hydrogen) atoms. The lowest BCUT2D eigenvalue weighted by atomic mass is 10.1. The number of ether oxygens (including phenoxy) is 1. The molecule has 0 fully saturated rings. The van der Waals surface area contributed by atoms with Crippen LogP contribution in [0.1, 0.15) is 28.5 Å². The van der Waals surface area contributed by atoms with Gasteiger partial charge in [-0.15, -0.1) is 0 Å². The second kappa shape index (κ2) is 8.80. The van der Waals surface area contributed by atoms with Gasteiger partial charge in [-0.05, 0) is 47.9 Å². The van der Waals surface area contributed by atoms with E-state index in [-0.39, 0.29) is 5.91 Å². The van der Waals surface area contributed by atoms with Crippen LogP contribution in [0.3, 0.4) is 0 Å². The summed E-state index contributed by atoms with van der Waals surface area (Å²) >= 11 is 0. The van der Waals surface area contributed by atoms with E-state index in [4.69, 9.17) is 4.74 Å². The molecular formula is C21H22N4O2. The molecule has 0 aliphatic heterocycles. The molecule has 3 aromatic rings. The maximum absolute atomic E-state index is 12.4. The lowest BCUT2D eigenvalue weighted by Crippen LogP contribution is -2.15. The number of anilines is 2. The average Bonchev–Trinajstić information content (AvgIpc) is 2.73. The number of nitrogens with one attached hydrogen (secondary N) is 2. The first-order valence-corrected chi connectivity index (χ1v) is 8.78. The van der Waals surface area contributed by atoms with Crippen molar-refractivity contribution >= 4 is 17.5 Å². The smallest absolute Gasteiger partial charge is 0.274 e. The highest BCUT2D eigenvalue weighted by Crippen LogP contribution is 2.13. The first kappa shape index (κ1) is 18.4. The zero-order chi connectivity index (χ0) is 19.1. The summed E-state index contributed by atoms with van der Waals surface area (Å²) in [5, 5.41) is 5.98. The largest absolute Gasteiger partial charge is 0.497 e. The Hall–Kier alpha value is -3.41. The van der Waals surface area contributed by atoms with Gasteiger partial charge in [-0.3, -0.25) is 4.79 Å². The molecule has 0 spiro atoms. The number of aromatic nitrogens is 2. The minimum absolute atomic E-state index is 0.269. The van der Waals surface area contributed by atoms with Crippen molar-refractivity contribution in [3.8, 4) is 5.75 Å². The van der Waals surface area contributed by atoms with Gasteiger partial charge in [0.25, 0.3) is 5.91 Å². The van der Waals surface area contributed by atoms with Gasteiger partial charge in [0.15, 0.2) is 0 Å². The number of benzene rings is 2. The second-order valence-electron chi connectivity index (χ2n) is 5.97. The van der Waals surface area contributed by atoms with Gasteiger partial charge in [-0.1, -0.05) is 31.2 Å². The van der Waals surface area contributed by atoms with Crippen molar-refractivity contribution in [3.05, 3.63) is 77.6 Å². The first-order valence-electron chi connectivity index (χ1n) is 8.78. The van der Waals surface area contributed by atoms with Crippen LogP contribution < -0.4 is 15.4 Å². The first-order chi connectivity index (χ1) is 13.2. The van der Waals surface area contributed by atoms with E-state index in [0.29, 0.717) is 18.2 Å². The van der Waals surface area contributed by atoms with E-state index in [1.807, 2.05) is 48.5 Å². The van der Waals surface area contributed by atoms with E-state index in [1.165, 1.54) is 5.56 Å². The predicted molar refractivity (Wildman–Crippen MR) is 106 cm³/mol. The van der Waals surface area contributed by atoms with Crippen molar-refractivity contribution in [2.45, 2.75) is 19.9 Å². The van der Waals surface area contributed by atoms with Crippen LogP contribution in [0, 0.1) is 0 Å². The Bertz CT molecular complexity index is 893. The van der Waals surface area contributed by atoms with Crippen LogP contribution in [0.25, 0.3) is 0 Å². The molecule has 0 aliphatic carbocycles. The maximum Gasteiger partial charge on any atom is 0.274 e. The summed E-state index contributed by atoms with van der Waals surface area (Å²) < 4.78 is 5.15. The van der Waals surface area contributed by atoms with Gasteiger partial charge in [0.1, 0.15) is 11.4 Å². The molecule has 138 valence electrons. The Morgan fingerprint density at radius 1 is 1.00 bits per heavy atom. The summed E-state index contributed by atoms with van der Waals surface area (Å²) in [4.78, 5) is 20.9. The fourth-order valence-electron chi connectivity index (χ4n) is 2.51. The van der Waals surface area contributed by atoms with Crippen molar-refractivity contribution in [1.29, 1.82) is 0 Å². The van der Waals surface area contributed by atoms with Crippen molar-refractivity contribution in [2.24, 2.45) is 0 Å². The van der Waals surface area contributed by atoms with Gasteiger partial charge in [0.05, 0.1) is 7.11 Å². The molecule has 0 aliphatic rings. The van der Waals surface area contributed by atoms with Gasteiger partial charge in [0, 0.05) is 18.4 Å². The lowest BCUT2D eigenvalue weighted by Gasteiger charge is -2.08. The molecule has 1 amide bonds. The van der Waals surface area contributed by atoms with E-state index in [2.05, 4.69) is 27.5 Å². The van der Waals surface area contributed by atoms with Crippen LogP contribution in [-0.2, 0) is 13.0 Å². The van der Waals surface area contributed by atoms with Gasteiger partial charge >= 0.3 is 0 Å². The molecule has 3 rings (SSSR count). The molecule has 0 bridgehead atoms. The summed E-state index contributed by atoms with van der Waals surface area (Å²) in [6, 6.07) is 17.1. The highest BCUT2D eigenvalue weighted by Gasteiger charge is 2.09. The van der Waals surface area contributed by atoms with Crippen molar-refractivity contribution in [2.75, 3.05) is 17.7 Å². The van der Waals surface area contributed by atoms with Gasteiger partial charge in [-0.25, -0.2) is 9.97 Å². The zero-order valence-corrected chi connectivity index (χ0v) is 15.4. The van der Waals surface area contributed by atoms with Crippen LogP contribution in [0.2, 0.25) is 0 Å². The fraction of sp³-hybridized carbons (Fsp3) is 0.190. The summed E-state index contributed by atoms with van der Waals surface area (Å²) in [6.07, 6.45) is 2.53. The highest BCUT2D eigenvalue weighted by molar-refractivity contribution is 6.02. The Morgan fingerprint density at radius 2 is 1.70 bits per heavy atom. The number of hydrogen-bond acceptors (Lipinski definition) is 5. The van der Waals surface area contributed by atoms with E-state index in [1.54, 1.807) is 19.4 Å². The average molecular weight is 362 g/mol. The monoisotopic (exact) mass is 362 g/mol. The number of nitrogens with zero attached hydrogens (tertiary/aromatic N) is 2. The third-order valence-corrected chi connectivity index (χ3v) is 4.12. The minimum atomic E-state index is -0.269. The second-order valence-corrected chi connectivity index (χ2v) is 5.97. The summed E-state index contributed by atoms with van der Waals surface area (Å²) in [6.45, 7) is 2.64. The van der Waals surface area contributed by atoms with Crippen LogP contribution in [-0.4, -0.2) is 23.0 Å². The van der Waals surface area contributed by atoms with Gasteiger partial charge in [0.2, 0.25) is 5.95 Å². The molecular weight excluding hydrogens is 340 g/mol. The fourth-order valence-corrected chi connectivity index (χ4v) is 2.51. The van der Waals surface area contributed by atoms with E-state index >= 15 is 0 Å². The van der Waals surface area contributed by atoms with Crippen LogP contribution in [0.4, 0.5) is 11.6 Å². The summed E-state index contributed by atoms with van der Waals surface area (Å²) in [5.41, 5.74) is 3.33. The Kier molecular flexibility index (Phi) is 5.99. The number of carbonyl (C=O) groups excluding carboxylic acids is 1. The molecule has 6 nitrogen and oxygen atoms in total. The molecule has 1 heterocycles. The molecule has 6 heteroatoms. The SMILES string of the molecule is CCc1ccc(NC(=O)c2ccnc(NCc3ccc(OC)cc3)n2)cc1. The highest BCUT2D eigenvalue weighted by atomic mass is 16.5. The quantitative estimate of drug-likeness (QED) is 0.666. The third kappa shape index (κ3) is 5.04. The number of methoxy groups -OCH3 is 1. The number of amides is 1. The standard InChI is InChI=1S/C21H22N4O2/c1-3-15-4-8-17(9-5-15)24-20(26)19-12-13-22-21(25-19)23-14-16-6-10-18(27-2)11-7-16/h4-13H,3,14H2,1-2H3,(H,24,26)(H,22,23,25). The van der Waals surface area contributed by atoms with Crippen molar-refractivity contribution in [3.63, 3.8) is 0 Å². The van der Waals surface area contributed by atoms with E-state index in [9.17, 15) is 4.79 Å². The predicted octanol–water partition coefficient (Wildman–Crippen LogP) is 3.91. The molecule has 0 atom stereocenters. The summed E-state index contributed by atoms with van der Waals surface area (Å²) in [7, 11) is 1.63. The Labute approximate surface area is 158 Å². The molecule has 0 unspecified atom stereocenters. The molecule has 0 radical (unpaired) electrons. The molecule has 0 saturated heterocycles. The third-order valence-electron chi connectivity index (χ3n) is 4.12. The van der Waals surface area contributed by atoms with Crippen LogP contribution in [0.15, 0.2) is 60.8 Å². The number of carbonyl (C=O) groups is 1. The van der Waals surface area contributed by atoms with Gasteiger partial charge < -0.3 is 15.4 Å². The molecule has 1 aromatic heterocycles. The van der Waals surface area contributed by atoms with E-state index < -0.39 is 0 Å². The Morgan fingerprint density at radius 3 is 2.37 bits per heavy atom. The number of aryl methyl sites for hydroxylation is 1. The maximum atomic E-state index is 12.4. The summed E-state index contributed by atoms with van der Waals surface area (Å²) in [5.74, 6) is 0.939. The van der Waals surface area contributed by atoms with Crippen LogP contribution >= 0.6 is 0 Å². The van der Waals surface area contributed by atoms with Crippen molar-refractivity contribution in [1.82, 2.24) is 9.97 Å². The Balaban J connectivity index is 1.62. The minimum Gasteiger partial charge on any atom is -0.497 e.